The second-order valence-electron chi connectivity index (χ2n) is 2.15. The molecule has 0 saturated heterocycles. The molecular weight excluding hydrogens is 197 g/mol. The highest BCUT2D eigenvalue weighted by molar-refractivity contribution is 5.85. The molecule has 0 bridgehead atoms. The van der Waals surface area contributed by atoms with Gasteiger partial charge in [0.25, 0.3) is 0 Å². The van der Waals surface area contributed by atoms with Crippen LogP contribution in [0.1, 0.15) is 19.3 Å². The van der Waals surface area contributed by atoms with Crippen molar-refractivity contribution < 1.29 is 0 Å². The Morgan fingerprint density at radius 2 is 1.83 bits per heavy atom. The summed E-state index contributed by atoms with van der Waals surface area (Å²) < 4.78 is 0. The number of hydrogen-bond acceptors (Lipinski definition) is 3. The lowest BCUT2D eigenvalue weighted by molar-refractivity contribution is 0.633. The Bertz CT molecular complexity index is 103. The van der Waals surface area contributed by atoms with Crippen LogP contribution in [-0.4, -0.2) is 19.6 Å². The third-order valence-electron chi connectivity index (χ3n) is 1.22. The lowest BCUT2D eigenvalue weighted by Gasteiger charge is -1.98. The summed E-state index contributed by atoms with van der Waals surface area (Å²) >= 11 is 0. The first kappa shape index (κ1) is 17.9. The largest absolute Gasteiger partial charge is 0.330 e. The number of unbranched alkanes of at least 4 members (excludes halogenated alkanes) is 1. The number of rotatable bonds is 6. The highest BCUT2D eigenvalue weighted by Crippen LogP contribution is 1.81. The van der Waals surface area contributed by atoms with Gasteiger partial charge in [0.2, 0.25) is 0 Å². The highest BCUT2D eigenvalue weighted by atomic mass is 35.5. The minimum atomic E-state index is 0. The first-order chi connectivity index (χ1) is 4.91. The maximum absolute atomic E-state index is 8.16. The molecule has 0 aromatic rings. The summed E-state index contributed by atoms with van der Waals surface area (Å²) in [6.45, 7) is 2.56. The molecule has 0 rings (SSSR count). The van der Waals surface area contributed by atoms with Crippen LogP contribution < -0.4 is 11.1 Å². The Labute approximate surface area is 86.5 Å². The van der Waals surface area contributed by atoms with Gasteiger partial charge in [-0.1, -0.05) is 0 Å². The van der Waals surface area contributed by atoms with Crippen LogP contribution in [0.2, 0.25) is 0 Å². The van der Waals surface area contributed by atoms with Crippen molar-refractivity contribution >= 4 is 24.8 Å². The molecule has 0 heterocycles. The van der Waals surface area contributed by atoms with E-state index in [0.717, 1.165) is 32.5 Å². The molecule has 74 valence electrons. The SMILES string of the molecule is Cl.Cl.N#CCCNCCCCN. The van der Waals surface area contributed by atoms with Crippen molar-refractivity contribution in [2.75, 3.05) is 19.6 Å². The second-order valence-corrected chi connectivity index (χ2v) is 2.15. The molecule has 3 nitrogen and oxygen atoms in total. The Morgan fingerprint density at radius 1 is 1.17 bits per heavy atom. The smallest absolute Gasteiger partial charge is 0.0635 e. The highest BCUT2D eigenvalue weighted by Gasteiger charge is 1.85. The van der Waals surface area contributed by atoms with Crippen molar-refractivity contribution in [2.45, 2.75) is 19.3 Å². The topological polar surface area (TPSA) is 61.8 Å². The number of nitriles is 1. The molecular formula is C7H17Cl2N3. The Morgan fingerprint density at radius 3 is 2.33 bits per heavy atom. The summed E-state index contributed by atoms with van der Waals surface area (Å²) in [7, 11) is 0. The molecule has 0 aliphatic heterocycles. The van der Waals surface area contributed by atoms with Gasteiger partial charge >= 0.3 is 0 Å². The van der Waals surface area contributed by atoms with Crippen LogP contribution in [0, 0.1) is 11.3 Å². The standard InChI is InChI=1S/C7H15N3.2ClH/c8-4-1-2-6-10-7-3-5-9;;/h10H,1-4,6-8H2;2*1H. The van der Waals surface area contributed by atoms with Crippen LogP contribution >= 0.6 is 24.8 Å². The van der Waals surface area contributed by atoms with Gasteiger partial charge < -0.3 is 11.1 Å². The van der Waals surface area contributed by atoms with Crippen LogP contribution in [0.5, 0.6) is 0 Å². The molecule has 0 fully saturated rings. The number of nitrogens with one attached hydrogen (secondary N) is 1. The molecule has 0 saturated carbocycles. The molecule has 12 heavy (non-hydrogen) atoms. The summed E-state index contributed by atoms with van der Waals surface area (Å²) in [6.07, 6.45) is 2.78. The van der Waals surface area contributed by atoms with Crippen LogP contribution in [-0.2, 0) is 0 Å². The fraction of sp³-hybridized carbons (Fsp3) is 0.857. The van der Waals surface area contributed by atoms with Crippen molar-refractivity contribution in [1.29, 1.82) is 5.26 Å². The van der Waals surface area contributed by atoms with E-state index in [1.807, 2.05) is 0 Å². The van der Waals surface area contributed by atoms with Gasteiger partial charge in [-0.3, -0.25) is 0 Å². The molecule has 0 aliphatic carbocycles. The average Bonchev–Trinajstić information content (AvgIpc) is 1.97. The van der Waals surface area contributed by atoms with E-state index in [1.165, 1.54) is 0 Å². The Kier molecular flexibility index (Phi) is 25.7. The minimum Gasteiger partial charge on any atom is -0.330 e. The minimum absolute atomic E-state index is 0. The molecule has 0 aliphatic rings. The van der Waals surface area contributed by atoms with E-state index in [0.29, 0.717) is 6.42 Å². The van der Waals surface area contributed by atoms with Crippen LogP contribution in [0.3, 0.4) is 0 Å². The predicted molar refractivity (Wildman–Crippen MR) is 55.9 cm³/mol. The van der Waals surface area contributed by atoms with Crippen molar-refractivity contribution in [2.24, 2.45) is 5.73 Å². The maximum Gasteiger partial charge on any atom is 0.0635 e. The molecule has 0 radical (unpaired) electrons. The third kappa shape index (κ3) is 16.5. The van der Waals surface area contributed by atoms with Gasteiger partial charge in [0.05, 0.1) is 6.07 Å². The second kappa shape index (κ2) is 17.2. The molecule has 0 spiro atoms. The number of nitrogens with two attached hydrogens (primary N) is 1. The van der Waals surface area contributed by atoms with E-state index >= 15 is 0 Å². The first-order valence-corrected chi connectivity index (χ1v) is 3.69. The summed E-state index contributed by atoms with van der Waals surface area (Å²) in [4.78, 5) is 0. The molecule has 0 unspecified atom stereocenters. The van der Waals surface area contributed by atoms with E-state index < -0.39 is 0 Å². The normalized spacial score (nSPS) is 7.67. The quantitative estimate of drug-likeness (QED) is 0.650. The summed E-state index contributed by atoms with van der Waals surface area (Å²) in [5.74, 6) is 0. The van der Waals surface area contributed by atoms with Crippen molar-refractivity contribution in [1.82, 2.24) is 5.32 Å². The maximum atomic E-state index is 8.16. The average molecular weight is 214 g/mol. The van der Waals surface area contributed by atoms with Gasteiger partial charge in [-0.25, -0.2) is 0 Å². The van der Waals surface area contributed by atoms with E-state index in [4.69, 9.17) is 11.0 Å². The summed E-state index contributed by atoms with van der Waals surface area (Å²) in [6, 6.07) is 2.07. The zero-order chi connectivity index (χ0) is 7.66. The van der Waals surface area contributed by atoms with Crippen molar-refractivity contribution in [3.63, 3.8) is 0 Å². The number of halogens is 2. The number of hydrogen-bond donors (Lipinski definition) is 2. The lowest BCUT2D eigenvalue weighted by atomic mass is 10.3. The van der Waals surface area contributed by atoms with E-state index in [1.54, 1.807) is 0 Å². The van der Waals surface area contributed by atoms with E-state index in [-0.39, 0.29) is 24.8 Å². The third-order valence-corrected chi connectivity index (χ3v) is 1.22. The molecule has 5 heteroatoms. The van der Waals surface area contributed by atoms with Crippen molar-refractivity contribution in [3.05, 3.63) is 0 Å². The van der Waals surface area contributed by atoms with Crippen LogP contribution in [0.15, 0.2) is 0 Å². The zero-order valence-electron chi connectivity index (χ0n) is 7.08. The van der Waals surface area contributed by atoms with Crippen molar-refractivity contribution in [3.8, 4) is 6.07 Å². The molecule has 0 amide bonds. The first-order valence-electron chi connectivity index (χ1n) is 3.69. The molecule has 0 aromatic carbocycles. The summed E-state index contributed by atoms with van der Waals surface area (Å²) in [5.41, 5.74) is 5.29. The molecule has 0 aromatic heterocycles. The Hall–Kier alpha value is -0.0100. The molecule has 0 atom stereocenters. The van der Waals surface area contributed by atoms with Gasteiger partial charge in [0.1, 0.15) is 0 Å². The lowest BCUT2D eigenvalue weighted by Crippen LogP contribution is -2.17. The molecule has 3 N–H and O–H groups in total. The van der Waals surface area contributed by atoms with Gasteiger partial charge in [0, 0.05) is 13.0 Å². The number of nitrogens with zero attached hydrogens (tertiary/aromatic N) is 1. The van der Waals surface area contributed by atoms with Gasteiger partial charge in [0.15, 0.2) is 0 Å². The van der Waals surface area contributed by atoms with Gasteiger partial charge in [-0.2, -0.15) is 5.26 Å². The van der Waals surface area contributed by atoms with Gasteiger partial charge in [-0.15, -0.1) is 24.8 Å². The van der Waals surface area contributed by atoms with Crippen LogP contribution in [0.4, 0.5) is 0 Å². The predicted octanol–water partition coefficient (Wildman–Crippen LogP) is 1.07. The Balaban J connectivity index is -0.000000405. The van der Waals surface area contributed by atoms with E-state index in [2.05, 4.69) is 11.4 Å². The fourth-order valence-electron chi connectivity index (χ4n) is 0.664. The monoisotopic (exact) mass is 213 g/mol. The fourth-order valence-corrected chi connectivity index (χ4v) is 0.664. The van der Waals surface area contributed by atoms with E-state index in [9.17, 15) is 0 Å². The van der Waals surface area contributed by atoms with Crippen LogP contribution in [0.25, 0.3) is 0 Å². The van der Waals surface area contributed by atoms with Gasteiger partial charge in [-0.05, 0) is 25.9 Å². The summed E-state index contributed by atoms with van der Waals surface area (Å²) in [5, 5.41) is 11.3. The zero-order valence-corrected chi connectivity index (χ0v) is 8.72.